The van der Waals surface area contributed by atoms with Crippen LogP contribution in [-0.2, 0) is 0 Å². The first kappa shape index (κ1) is 20.8. The van der Waals surface area contributed by atoms with E-state index < -0.39 is 0 Å². The molecule has 0 aromatic heterocycles. The normalized spacial score (nSPS) is 15.9. The van der Waals surface area contributed by atoms with Gasteiger partial charge in [0, 0.05) is 17.7 Å². The summed E-state index contributed by atoms with van der Waals surface area (Å²) in [6.45, 7) is 2.92. The number of likely N-dealkylation sites (N-methyl/N-ethyl adjacent to an activating group) is 1. The fourth-order valence-electron chi connectivity index (χ4n) is 3.90. The van der Waals surface area contributed by atoms with Gasteiger partial charge in [-0.3, -0.25) is 0 Å². The summed E-state index contributed by atoms with van der Waals surface area (Å²) in [6.07, 6.45) is 3.93. The minimum Gasteiger partial charge on any atom is -0.508 e. The van der Waals surface area contributed by atoms with Crippen molar-refractivity contribution in [3.05, 3.63) is 95.1 Å². The number of hydrogen-bond acceptors (Lipinski definition) is 4. The van der Waals surface area contributed by atoms with Crippen molar-refractivity contribution in [3.8, 4) is 17.2 Å². The van der Waals surface area contributed by atoms with Crippen molar-refractivity contribution in [2.45, 2.75) is 13.0 Å². The van der Waals surface area contributed by atoms with E-state index in [1.807, 2.05) is 33.2 Å². The zero-order valence-electron chi connectivity index (χ0n) is 18.0. The van der Waals surface area contributed by atoms with Gasteiger partial charge in [0.25, 0.3) is 0 Å². The SMILES string of the molecule is CC1=C(c2cccc(O)c2)C(c2ccc(/C=C\CN(C)C)cc2)Oc2ccc(O)cc21. The van der Waals surface area contributed by atoms with Crippen molar-refractivity contribution in [2.24, 2.45) is 0 Å². The molecule has 31 heavy (non-hydrogen) atoms. The molecule has 0 radical (unpaired) electrons. The van der Waals surface area contributed by atoms with E-state index in [1.165, 1.54) is 0 Å². The molecule has 0 fully saturated rings. The van der Waals surface area contributed by atoms with Crippen LogP contribution in [0.15, 0.2) is 72.8 Å². The molecule has 1 aliphatic rings. The molecule has 0 saturated carbocycles. The van der Waals surface area contributed by atoms with Crippen molar-refractivity contribution in [1.82, 2.24) is 4.90 Å². The Morgan fingerprint density at radius 3 is 2.39 bits per heavy atom. The fourth-order valence-corrected chi connectivity index (χ4v) is 3.90. The zero-order chi connectivity index (χ0) is 22.0. The number of ether oxygens (including phenoxy) is 1. The molecule has 4 nitrogen and oxygen atoms in total. The lowest BCUT2D eigenvalue weighted by atomic mass is 9.86. The first-order valence-corrected chi connectivity index (χ1v) is 10.3. The third-order valence-electron chi connectivity index (χ3n) is 5.46. The predicted molar refractivity (Wildman–Crippen MR) is 126 cm³/mol. The number of allylic oxidation sites excluding steroid dienone is 1. The van der Waals surface area contributed by atoms with Crippen LogP contribution in [0, 0.1) is 0 Å². The summed E-state index contributed by atoms with van der Waals surface area (Å²) in [5, 5.41) is 20.1. The Morgan fingerprint density at radius 2 is 1.68 bits per heavy atom. The number of hydrogen-bond donors (Lipinski definition) is 2. The van der Waals surface area contributed by atoms with Crippen molar-refractivity contribution in [2.75, 3.05) is 20.6 Å². The minimum atomic E-state index is -0.321. The van der Waals surface area contributed by atoms with Gasteiger partial charge >= 0.3 is 0 Å². The topological polar surface area (TPSA) is 52.9 Å². The van der Waals surface area contributed by atoms with Gasteiger partial charge in [0.05, 0.1) is 0 Å². The minimum absolute atomic E-state index is 0.198. The summed E-state index contributed by atoms with van der Waals surface area (Å²) >= 11 is 0. The summed E-state index contributed by atoms with van der Waals surface area (Å²) in [7, 11) is 4.09. The molecule has 1 heterocycles. The number of rotatable bonds is 5. The summed E-state index contributed by atoms with van der Waals surface area (Å²) in [5.41, 5.74) is 5.91. The van der Waals surface area contributed by atoms with E-state index in [2.05, 4.69) is 41.3 Å². The van der Waals surface area contributed by atoms with Crippen molar-refractivity contribution < 1.29 is 14.9 Å². The molecule has 4 rings (SSSR count). The standard InChI is InChI=1S/C27H27NO3/c1-18-24-17-23(30)13-14-25(24)31-27(26(18)21-7-4-8-22(29)16-21)20-11-9-19(10-12-20)6-5-15-28(2)3/h4-14,16-17,27,29-30H,15H2,1-3H3/b6-5-. The van der Waals surface area contributed by atoms with Crippen molar-refractivity contribution in [1.29, 1.82) is 0 Å². The molecule has 0 saturated heterocycles. The monoisotopic (exact) mass is 413 g/mol. The van der Waals surface area contributed by atoms with Gasteiger partial charge in [-0.15, -0.1) is 0 Å². The maximum absolute atomic E-state index is 10.1. The third kappa shape index (κ3) is 4.49. The van der Waals surface area contributed by atoms with Gasteiger partial charge in [-0.25, -0.2) is 0 Å². The van der Waals surface area contributed by atoms with E-state index in [4.69, 9.17) is 4.74 Å². The van der Waals surface area contributed by atoms with Gasteiger partial charge in [0.2, 0.25) is 0 Å². The summed E-state index contributed by atoms with van der Waals surface area (Å²) < 4.78 is 6.43. The van der Waals surface area contributed by atoms with Gasteiger partial charge in [-0.05, 0) is 73.6 Å². The summed E-state index contributed by atoms with van der Waals surface area (Å²) in [4.78, 5) is 2.12. The number of phenolic OH excluding ortho intramolecular Hbond substituents is 2. The molecule has 1 atom stereocenters. The molecular formula is C27H27NO3. The van der Waals surface area contributed by atoms with E-state index in [-0.39, 0.29) is 17.6 Å². The summed E-state index contributed by atoms with van der Waals surface area (Å²) in [5.74, 6) is 1.14. The molecule has 0 aliphatic carbocycles. The van der Waals surface area contributed by atoms with Crippen LogP contribution >= 0.6 is 0 Å². The van der Waals surface area contributed by atoms with E-state index in [0.717, 1.165) is 45.7 Å². The van der Waals surface area contributed by atoms with E-state index >= 15 is 0 Å². The second kappa shape index (κ2) is 8.70. The highest BCUT2D eigenvalue weighted by molar-refractivity contribution is 5.95. The van der Waals surface area contributed by atoms with Crippen LogP contribution in [0.5, 0.6) is 17.2 Å². The third-order valence-corrected chi connectivity index (χ3v) is 5.46. The second-order valence-electron chi connectivity index (χ2n) is 8.10. The van der Waals surface area contributed by atoms with Crippen LogP contribution in [0.4, 0.5) is 0 Å². The number of benzene rings is 3. The average Bonchev–Trinajstić information content (AvgIpc) is 2.74. The highest BCUT2D eigenvalue weighted by Gasteiger charge is 2.29. The fraction of sp³-hybridized carbons (Fsp3) is 0.185. The van der Waals surface area contributed by atoms with Gasteiger partial charge in [0.15, 0.2) is 0 Å². The first-order chi connectivity index (χ1) is 14.9. The molecule has 0 amide bonds. The maximum Gasteiger partial charge on any atom is 0.150 e. The average molecular weight is 414 g/mol. The van der Waals surface area contributed by atoms with Crippen molar-refractivity contribution in [3.63, 3.8) is 0 Å². The van der Waals surface area contributed by atoms with Gasteiger partial charge in [0.1, 0.15) is 23.4 Å². The van der Waals surface area contributed by atoms with Crippen LogP contribution in [0.3, 0.4) is 0 Å². The molecule has 2 N–H and O–H groups in total. The lowest BCUT2D eigenvalue weighted by Gasteiger charge is -2.31. The van der Waals surface area contributed by atoms with Crippen LogP contribution in [-0.4, -0.2) is 35.8 Å². The Labute approximate surface area is 183 Å². The number of aromatic hydroxyl groups is 2. The van der Waals surface area contributed by atoms with E-state index in [1.54, 1.807) is 30.3 Å². The highest BCUT2D eigenvalue weighted by Crippen LogP contribution is 2.47. The Balaban J connectivity index is 1.76. The highest BCUT2D eigenvalue weighted by atomic mass is 16.5. The molecule has 3 aromatic carbocycles. The number of phenols is 2. The van der Waals surface area contributed by atoms with Gasteiger partial charge in [-0.2, -0.15) is 0 Å². The lowest BCUT2D eigenvalue weighted by Crippen LogP contribution is -2.16. The molecule has 0 bridgehead atoms. The van der Waals surface area contributed by atoms with E-state index in [0.29, 0.717) is 0 Å². The Bertz CT molecular complexity index is 1140. The smallest absolute Gasteiger partial charge is 0.150 e. The molecule has 4 heteroatoms. The van der Waals surface area contributed by atoms with E-state index in [9.17, 15) is 10.2 Å². The Kier molecular flexibility index (Phi) is 5.83. The van der Waals surface area contributed by atoms with Gasteiger partial charge < -0.3 is 19.8 Å². The van der Waals surface area contributed by atoms with Crippen LogP contribution < -0.4 is 4.74 Å². The molecule has 3 aromatic rings. The van der Waals surface area contributed by atoms with Crippen LogP contribution in [0.1, 0.15) is 35.3 Å². The zero-order valence-corrected chi connectivity index (χ0v) is 18.0. The lowest BCUT2D eigenvalue weighted by molar-refractivity contribution is 0.259. The maximum atomic E-state index is 10.1. The van der Waals surface area contributed by atoms with Crippen LogP contribution in [0.2, 0.25) is 0 Å². The molecular weight excluding hydrogens is 386 g/mol. The second-order valence-corrected chi connectivity index (χ2v) is 8.10. The Morgan fingerprint density at radius 1 is 0.935 bits per heavy atom. The quantitative estimate of drug-likeness (QED) is 0.560. The predicted octanol–water partition coefficient (Wildman–Crippen LogP) is 5.74. The molecule has 1 aliphatic heterocycles. The van der Waals surface area contributed by atoms with Crippen LogP contribution in [0.25, 0.3) is 17.2 Å². The first-order valence-electron chi connectivity index (χ1n) is 10.3. The Hall–Kier alpha value is -3.50. The van der Waals surface area contributed by atoms with Crippen molar-refractivity contribution >= 4 is 17.2 Å². The largest absolute Gasteiger partial charge is 0.508 e. The molecule has 0 spiro atoms. The molecule has 158 valence electrons. The number of fused-ring (bicyclic) bond motifs is 1. The van der Waals surface area contributed by atoms with Gasteiger partial charge in [-0.1, -0.05) is 48.6 Å². The summed E-state index contributed by atoms with van der Waals surface area (Å²) in [6, 6.07) is 20.7. The molecule has 1 unspecified atom stereocenters. The number of nitrogens with zero attached hydrogens (tertiary/aromatic N) is 1.